The molecule has 0 radical (unpaired) electrons. The minimum atomic E-state index is -0.0166. The van der Waals surface area contributed by atoms with Crippen molar-refractivity contribution in [3.63, 3.8) is 0 Å². The van der Waals surface area contributed by atoms with E-state index in [0.717, 1.165) is 11.3 Å². The van der Waals surface area contributed by atoms with Crippen molar-refractivity contribution in [2.24, 2.45) is 0 Å². The van der Waals surface area contributed by atoms with Gasteiger partial charge in [-0.25, -0.2) is 0 Å². The molecule has 0 unspecified atom stereocenters. The summed E-state index contributed by atoms with van der Waals surface area (Å²) < 4.78 is 5.33. The van der Waals surface area contributed by atoms with Gasteiger partial charge >= 0.3 is 0 Å². The van der Waals surface area contributed by atoms with Crippen LogP contribution >= 0.6 is 0 Å². The number of amides is 1. The maximum Gasteiger partial charge on any atom is 0.232 e. The molecular formula is C16H19N3O2. The minimum absolute atomic E-state index is 0.0166. The van der Waals surface area contributed by atoms with E-state index in [4.69, 9.17) is 4.52 Å². The first-order chi connectivity index (χ1) is 10.1. The van der Waals surface area contributed by atoms with Gasteiger partial charge in [0.2, 0.25) is 11.8 Å². The molecule has 21 heavy (non-hydrogen) atoms. The van der Waals surface area contributed by atoms with Gasteiger partial charge < -0.3 is 9.42 Å². The van der Waals surface area contributed by atoms with E-state index in [2.05, 4.69) is 10.1 Å². The van der Waals surface area contributed by atoms with Gasteiger partial charge in [0.15, 0.2) is 5.82 Å². The Morgan fingerprint density at radius 3 is 2.76 bits per heavy atom. The molecule has 0 spiro atoms. The summed E-state index contributed by atoms with van der Waals surface area (Å²) in [7, 11) is 0. The Labute approximate surface area is 124 Å². The zero-order chi connectivity index (χ0) is 15.0. The molecule has 1 fully saturated rings. The normalized spacial score (nSPS) is 18.8. The second kappa shape index (κ2) is 5.31. The second-order valence-corrected chi connectivity index (χ2v) is 5.84. The third-order valence-electron chi connectivity index (χ3n) is 3.85. The number of aryl methyl sites for hydroxylation is 1. The number of para-hydroxylation sites is 1. The van der Waals surface area contributed by atoms with Gasteiger partial charge in [0.1, 0.15) is 0 Å². The largest absolute Gasteiger partial charge is 0.339 e. The lowest BCUT2D eigenvalue weighted by molar-refractivity contribution is -0.117. The molecule has 1 aromatic heterocycles. The SMILES string of the molecule is Cc1ccccc1N1C[C@@H](c2nc(C(C)C)no2)CC1=O. The van der Waals surface area contributed by atoms with Gasteiger partial charge in [0, 0.05) is 24.6 Å². The van der Waals surface area contributed by atoms with Crippen LogP contribution in [0.2, 0.25) is 0 Å². The van der Waals surface area contributed by atoms with Crippen LogP contribution in [0.5, 0.6) is 0 Å². The topological polar surface area (TPSA) is 59.2 Å². The summed E-state index contributed by atoms with van der Waals surface area (Å²) in [6.45, 7) is 6.66. The number of aromatic nitrogens is 2. The molecule has 1 aromatic carbocycles. The molecule has 1 amide bonds. The average Bonchev–Trinajstić information content (AvgIpc) is 3.06. The molecule has 5 heteroatoms. The van der Waals surface area contributed by atoms with Crippen molar-refractivity contribution in [2.75, 3.05) is 11.4 Å². The van der Waals surface area contributed by atoms with Gasteiger partial charge in [-0.3, -0.25) is 4.79 Å². The number of hydrogen-bond donors (Lipinski definition) is 0. The number of benzene rings is 1. The van der Waals surface area contributed by atoms with E-state index in [0.29, 0.717) is 24.7 Å². The highest BCUT2D eigenvalue weighted by Crippen LogP contribution is 2.32. The highest BCUT2D eigenvalue weighted by atomic mass is 16.5. The van der Waals surface area contributed by atoms with E-state index in [9.17, 15) is 4.79 Å². The zero-order valence-corrected chi connectivity index (χ0v) is 12.5. The molecule has 0 bridgehead atoms. The van der Waals surface area contributed by atoms with Crippen molar-refractivity contribution in [2.45, 2.75) is 39.0 Å². The van der Waals surface area contributed by atoms with Crippen molar-refractivity contribution in [1.29, 1.82) is 0 Å². The summed E-state index contributed by atoms with van der Waals surface area (Å²) >= 11 is 0. The van der Waals surface area contributed by atoms with Crippen LogP contribution in [0.4, 0.5) is 5.69 Å². The molecular weight excluding hydrogens is 266 g/mol. The van der Waals surface area contributed by atoms with Gasteiger partial charge in [-0.1, -0.05) is 37.2 Å². The predicted molar refractivity (Wildman–Crippen MR) is 79.3 cm³/mol. The van der Waals surface area contributed by atoms with Crippen LogP contribution < -0.4 is 4.90 Å². The molecule has 5 nitrogen and oxygen atoms in total. The maximum absolute atomic E-state index is 12.3. The highest BCUT2D eigenvalue weighted by Gasteiger charge is 2.35. The monoisotopic (exact) mass is 285 g/mol. The smallest absolute Gasteiger partial charge is 0.232 e. The van der Waals surface area contributed by atoms with Crippen molar-refractivity contribution < 1.29 is 9.32 Å². The number of carbonyl (C=O) groups is 1. The number of carbonyl (C=O) groups excluding carboxylic acids is 1. The summed E-state index contributed by atoms with van der Waals surface area (Å²) in [4.78, 5) is 18.5. The van der Waals surface area contributed by atoms with Gasteiger partial charge in [0.05, 0.1) is 5.92 Å². The fraction of sp³-hybridized carbons (Fsp3) is 0.438. The van der Waals surface area contributed by atoms with Crippen molar-refractivity contribution in [3.8, 4) is 0 Å². The standard InChI is InChI=1S/C16H19N3O2/c1-10(2)15-17-16(21-18-15)12-8-14(20)19(9-12)13-7-5-4-6-11(13)3/h4-7,10,12H,8-9H2,1-3H3/t12-/m0/s1. The first kappa shape index (κ1) is 13.8. The number of anilines is 1. The minimum Gasteiger partial charge on any atom is -0.339 e. The van der Waals surface area contributed by atoms with Crippen LogP contribution in [-0.2, 0) is 4.79 Å². The van der Waals surface area contributed by atoms with Crippen LogP contribution in [0, 0.1) is 6.92 Å². The Bertz CT molecular complexity index is 663. The van der Waals surface area contributed by atoms with E-state index >= 15 is 0 Å². The van der Waals surface area contributed by atoms with E-state index in [1.165, 1.54) is 0 Å². The third-order valence-corrected chi connectivity index (χ3v) is 3.85. The molecule has 1 aliphatic heterocycles. The summed E-state index contributed by atoms with van der Waals surface area (Å²) in [5.41, 5.74) is 2.06. The van der Waals surface area contributed by atoms with Crippen LogP contribution in [-0.4, -0.2) is 22.6 Å². The number of rotatable bonds is 3. The molecule has 2 heterocycles. The molecule has 0 saturated carbocycles. The predicted octanol–water partition coefficient (Wildman–Crippen LogP) is 3.02. The molecule has 3 rings (SSSR count). The first-order valence-electron chi connectivity index (χ1n) is 7.25. The Morgan fingerprint density at radius 1 is 1.33 bits per heavy atom. The lowest BCUT2D eigenvalue weighted by Crippen LogP contribution is -2.25. The lowest BCUT2D eigenvalue weighted by atomic mass is 10.1. The Morgan fingerprint density at radius 2 is 2.10 bits per heavy atom. The Balaban J connectivity index is 1.83. The molecule has 2 aromatic rings. The fourth-order valence-corrected chi connectivity index (χ4v) is 2.62. The van der Waals surface area contributed by atoms with Crippen molar-refractivity contribution in [1.82, 2.24) is 10.1 Å². The number of nitrogens with zero attached hydrogens (tertiary/aromatic N) is 3. The summed E-state index contributed by atoms with van der Waals surface area (Å²) in [5.74, 6) is 1.60. The van der Waals surface area contributed by atoms with E-state index in [1.807, 2.05) is 49.9 Å². The fourth-order valence-electron chi connectivity index (χ4n) is 2.62. The Hall–Kier alpha value is -2.17. The molecule has 1 aliphatic rings. The maximum atomic E-state index is 12.3. The molecule has 1 atom stereocenters. The third kappa shape index (κ3) is 2.55. The van der Waals surface area contributed by atoms with Crippen LogP contribution in [0.15, 0.2) is 28.8 Å². The van der Waals surface area contributed by atoms with Gasteiger partial charge in [0.25, 0.3) is 0 Å². The van der Waals surface area contributed by atoms with Gasteiger partial charge in [-0.05, 0) is 18.6 Å². The van der Waals surface area contributed by atoms with E-state index in [-0.39, 0.29) is 17.7 Å². The second-order valence-electron chi connectivity index (χ2n) is 5.84. The van der Waals surface area contributed by atoms with Crippen LogP contribution in [0.1, 0.15) is 49.4 Å². The van der Waals surface area contributed by atoms with E-state index in [1.54, 1.807) is 0 Å². The quantitative estimate of drug-likeness (QED) is 0.869. The molecule has 0 aliphatic carbocycles. The van der Waals surface area contributed by atoms with Crippen LogP contribution in [0.3, 0.4) is 0 Å². The van der Waals surface area contributed by atoms with Gasteiger partial charge in [-0.2, -0.15) is 4.98 Å². The summed E-state index contributed by atoms with van der Waals surface area (Å²) in [6.07, 6.45) is 0.425. The molecule has 110 valence electrons. The Kier molecular flexibility index (Phi) is 3.49. The van der Waals surface area contributed by atoms with Crippen molar-refractivity contribution >= 4 is 11.6 Å². The summed E-state index contributed by atoms with van der Waals surface area (Å²) in [5, 5.41) is 3.98. The summed E-state index contributed by atoms with van der Waals surface area (Å²) in [6, 6.07) is 7.92. The highest BCUT2D eigenvalue weighted by molar-refractivity contribution is 5.97. The first-order valence-corrected chi connectivity index (χ1v) is 7.25. The molecule has 1 saturated heterocycles. The lowest BCUT2D eigenvalue weighted by Gasteiger charge is -2.18. The van der Waals surface area contributed by atoms with E-state index < -0.39 is 0 Å². The number of hydrogen-bond acceptors (Lipinski definition) is 4. The van der Waals surface area contributed by atoms with Crippen LogP contribution in [0.25, 0.3) is 0 Å². The van der Waals surface area contributed by atoms with Gasteiger partial charge in [-0.15, -0.1) is 0 Å². The molecule has 0 N–H and O–H groups in total. The average molecular weight is 285 g/mol. The zero-order valence-electron chi connectivity index (χ0n) is 12.5. The van der Waals surface area contributed by atoms with Crippen molar-refractivity contribution in [3.05, 3.63) is 41.5 Å².